The van der Waals surface area contributed by atoms with E-state index in [1.165, 1.54) is 0 Å². The molecule has 1 aliphatic carbocycles. The van der Waals surface area contributed by atoms with Gasteiger partial charge in [0.15, 0.2) is 0 Å². The molecule has 0 heterocycles. The number of hydrogen-bond donors (Lipinski definition) is 5. The predicted octanol–water partition coefficient (Wildman–Crippen LogP) is 5.01. The molecule has 0 bridgehead atoms. The first-order valence-electron chi connectivity index (χ1n) is 16.7. The van der Waals surface area contributed by atoms with Crippen LogP contribution < -0.4 is 21.5 Å². The summed E-state index contributed by atoms with van der Waals surface area (Å²) in [6, 6.07) is 42.4. The van der Waals surface area contributed by atoms with Crippen LogP contribution in [0.1, 0.15) is 46.6 Å². The van der Waals surface area contributed by atoms with Crippen molar-refractivity contribution in [2.75, 3.05) is 6.61 Å². The van der Waals surface area contributed by atoms with E-state index in [4.69, 9.17) is 4.74 Å². The van der Waals surface area contributed by atoms with Crippen molar-refractivity contribution < 1.29 is 33.8 Å². The van der Waals surface area contributed by atoms with Crippen LogP contribution in [0.25, 0.3) is 11.1 Å². The molecule has 5 aromatic rings. The Balaban J connectivity index is 1.14. The van der Waals surface area contributed by atoms with Crippen molar-refractivity contribution >= 4 is 29.8 Å². The Bertz CT molecular complexity index is 1930. The zero-order valence-corrected chi connectivity index (χ0v) is 28.0. The number of fused-ring (bicyclic) bond motifs is 3. The SMILES string of the molecule is O=C(CCC(NC(=O)C(=O)O)C(=O)NNC(=O)OCC1c2ccccc2-c2ccccc21)NC(c1ccccc1)(c1ccccc1)c1ccccc1. The molecule has 1 unspecified atom stereocenters. The van der Waals surface area contributed by atoms with Crippen LogP contribution in [0, 0.1) is 0 Å². The summed E-state index contributed by atoms with van der Waals surface area (Å²) >= 11 is 0. The van der Waals surface area contributed by atoms with Gasteiger partial charge in [0.05, 0.1) is 0 Å². The monoisotopic (exact) mass is 696 g/mol. The number of hydrogen-bond acceptors (Lipinski definition) is 6. The highest BCUT2D eigenvalue weighted by atomic mass is 16.6. The number of aliphatic carboxylic acids is 1. The molecule has 52 heavy (non-hydrogen) atoms. The highest BCUT2D eigenvalue weighted by Gasteiger charge is 2.38. The highest BCUT2D eigenvalue weighted by molar-refractivity contribution is 6.32. The van der Waals surface area contributed by atoms with Gasteiger partial charge in [-0.05, 0) is 45.4 Å². The Kier molecular flexibility index (Phi) is 10.7. The first kappa shape index (κ1) is 35.1. The largest absolute Gasteiger partial charge is 0.474 e. The van der Waals surface area contributed by atoms with E-state index in [1.807, 2.05) is 140 Å². The highest BCUT2D eigenvalue weighted by Crippen LogP contribution is 2.44. The lowest BCUT2D eigenvalue weighted by Crippen LogP contribution is -2.54. The van der Waals surface area contributed by atoms with E-state index in [1.54, 1.807) is 0 Å². The van der Waals surface area contributed by atoms with Gasteiger partial charge in [-0.1, -0.05) is 140 Å². The molecular weight excluding hydrogens is 660 g/mol. The lowest BCUT2D eigenvalue weighted by molar-refractivity contribution is -0.151. The molecule has 0 fully saturated rings. The van der Waals surface area contributed by atoms with E-state index >= 15 is 0 Å². The van der Waals surface area contributed by atoms with Crippen LogP contribution in [-0.2, 0) is 29.5 Å². The van der Waals surface area contributed by atoms with Crippen molar-refractivity contribution in [1.82, 2.24) is 21.5 Å². The number of benzene rings is 5. The summed E-state index contributed by atoms with van der Waals surface area (Å²) in [5.74, 6) is -4.92. The molecule has 0 aliphatic heterocycles. The molecule has 0 radical (unpaired) electrons. The first-order chi connectivity index (χ1) is 25.3. The van der Waals surface area contributed by atoms with Crippen LogP contribution in [0.3, 0.4) is 0 Å². The first-order valence-corrected chi connectivity index (χ1v) is 16.7. The molecule has 11 heteroatoms. The van der Waals surface area contributed by atoms with Crippen molar-refractivity contribution in [3.05, 3.63) is 167 Å². The normalized spacial score (nSPS) is 12.4. The minimum absolute atomic E-state index is 0.0128. The van der Waals surface area contributed by atoms with Crippen molar-refractivity contribution in [2.24, 2.45) is 0 Å². The molecule has 0 saturated heterocycles. The van der Waals surface area contributed by atoms with Crippen molar-refractivity contribution in [3.8, 4) is 11.1 Å². The van der Waals surface area contributed by atoms with Gasteiger partial charge in [0.2, 0.25) is 5.91 Å². The second kappa shape index (κ2) is 15.9. The fourth-order valence-corrected chi connectivity index (χ4v) is 6.65. The molecule has 5 aromatic carbocycles. The van der Waals surface area contributed by atoms with Gasteiger partial charge in [-0.25, -0.2) is 15.0 Å². The van der Waals surface area contributed by atoms with Gasteiger partial charge in [0.25, 0.3) is 5.91 Å². The minimum atomic E-state index is -1.82. The number of hydrazine groups is 1. The van der Waals surface area contributed by atoms with Crippen molar-refractivity contribution in [3.63, 3.8) is 0 Å². The number of carboxylic acids is 1. The van der Waals surface area contributed by atoms with Crippen LogP contribution >= 0.6 is 0 Å². The van der Waals surface area contributed by atoms with Gasteiger partial charge in [0.1, 0.15) is 18.2 Å². The van der Waals surface area contributed by atoms with Gasteiger partial charge < -0.3 is 20.5 Å². The zero-order valence-electron chi connectivity index (χ0n) is 28.0. The Hall–Kier alpha value is -6.75. The number of nitrogens with one attached hydrogen (secondary N) is 4. The lowest BCUT2D eigenvalue weighted by Gasteiger charge is -2.37. The van der Waals surface area contributed by atoms with Crippen molar-refractivity contribution in [1.29, 1.82) is 0 Å². The summed E-state index contributed by atoms with van der Waals surface area (Å²) in [5.41, 5.74) is 9.68. The van der Waals surface area contributed by atoms with Gasteiger partial charge in [0, 0.05) is 12.3 Å². The third-order valence-electron chi connectivity index (χ3n) is 9.05. The van der Waals surface area contributed by atoms with Gasteiger partial charge >= 0.3 is 18.0 Å². The van der Waals surface area contributed by atoms with E-state index < -0.39 is 41.4 Å². The van der Waals surface area contributed by atoms with Gasteiger partial charge in [-0.2, -0.15) is 0 Å². The lowest BCUT2D eigenvalue weighted by atomic mass is 9.77. The van der Waals surface area contributed by atoms with Crippen LogP contribution in [0.15, 0.2) is 140 Å². The van der Waals surface area contributed by atoms with E-state index in [-0.39, 0.29) is 25.4 Å². The number of carbonyl (C=O) groups is 5. The molecule has 4 amide bonds. The maximum atomic E-state index is 13.8. The third kappa shape index (κ3) is 7.53. The summed E-state index contributed by atoms with van der Waals surface area (Å²) in [6.07, 6.45) is -1.55. The van der Waals surface area contributed by atoms with Crippen LogP contribution in [0.2, 0.25) is 0 Å². The quantitative estimate of drug-likeness (QED) is 0.0736. The fourth-order valence-electron chi connectivity index (χ4n) is 6.65. The number of amides is 4. The van der Waals surface area contributed by atoms with Crippen LogP contribution in [0.5, 0.6) is 0 Å². The van der Waals surface area contributed by atoms with Crippen LogP contribution in [-0.4, -0.2) is 47.5 Å². The maximum Gasteiger partial charge on any atom is 0.426 e. The fraction of sp³-hybridized carbons (Fsp3) is 0.146. The molecule has 0 aromatic heterocycles. The maximum absolute atomic E-state index is 13.8. The number of rotatable bonds is 11. The number of ether oxygens (including phenoxy) is 1. The summed E-state index contributed by atoms with van der Waals surface area (Å²) in [7, 11) is 0. The zero-order chi connectivity index (χ0) is 36.5. The third-order valence-corrected chi connectivity index (χ3v) is 9.05. The summed E-state index contributed by atoms with van der Waals surface area (Å²) < 4.78 is 5.46. The molecule has 0 saturated carbocycles. The Morgan fingerprint density at radius 2 is 1.10 bits per heavy atom. The summed E-state index contributed by atoms with van der Waals surface area (Å²) in [6.45, 7) is -0.0128. The van der Waals surface area contributed by atoms with Gasteiger partial charge in [-0.15, -0.1) is 0 Å². The Morgan fingerprint density at radius 3 is 1.58 bits per heavy atom. The Labute approximate surface area is 300 Å². The van der Waals surface area contributed by atoms with E-state index in [9.17, 15) is 29.1 Å². The smallest absolute Gasteiger partial charge is 0.426 e. The van der Waals surface area contributed by atoms with Crippen LogP contribution in [0.4, 0.5) is 4.79 Å². The second-order valence-corrected chi connectivity index (χ2v) is 12.2. The molecule has 1 aliphatic rings. The molecule has 262 valence electrons. The average Bonchev–Trinajstić information content (AvgIpc) is 3.51. The van der Waals surface area contributed by atoms with E-state index in [0.717, 1.165) is 38.9 Å². The summed E-state index contributed by atoms with van der Waals surface area (Å²) in [5, 5.41) is 14.5. The minimum Gasteiger partial charge on any atom is -0.474 e. The number of carbonyl (C=O) groups excluding carboxylic acids is 4. The average molecular weight is 697 g/mol. The van der Waals surface area contributed by atoms with E-state index in [2.05, 4.69) is 21.5 Å². The van der Waals surface area contributed by atoms with E-state index in [0.29, 0.717) is 0 Å². The Morgan fingerprint density at radius 1 is 0.635 bits per heavy atom. The molecule has 1 atom stereocenters. The molecule has 5 N–H and O–H groups in total. The molecule has 0 spiro atoms. The number of carboxylic acid groups (broad SMARTS) is 1. The second-order valence-electron chi connectivity index (χ2n) is 12.2. The van der Waals surface area contributed by atoms with Crippen molar-refractivity contribution in [2.45, 2.75) is 30.3 Å². The standard InChI is InChI=1S/C41H36N4O7/c46-36(43-41(27-14-4-1-5-15-27,28-16-6-2-7-17-28)29-18-8-3-9-19-29)25-24-35(42-38(48)39(49)50)37(47)44-45-40(51)52-26-34-32-22-12-10-20-30(32)31-21-11-13-23-33(31)34/h1-23,34-35H,24-26H2,(H,42,48)(H,43,46)(H,44,47)(H,45,51)(H,49,50). The summed E-state index contributed by atoms with van der Waals surface area (Å²) in [4.78, 5) is 63.3. The van der Waals surface area contributed by atoms with Gasteiger partial charge in [-0.3, -0.25) is 19.8 Å². The molecular formula is C41H36N4O7. The molecule has 11 nitrogen and oxygen atoms in total. The topological polar surface area (TPSA) is 163 Å². The molecule has 6 rings (SSSR count). The predicted molar refractivity (Wildman–Crippen MR) is 192 cm³/mol.